The number of hydrogen-bond donors (Lipinski definition) is 1. The molecular weight excluding hydrogens is 425 g/mol. The van der Waals surface area contributed by atoms with Crippen molar-refractivity contribution in [1.29, 1.82) is 0 Å². The molecule has 3 aromatic rings. The highest BCUT2D eigenvalue weighted by Crippen LogP contribution is 2.26. The van der Waals surface area contributed by atoms with Gasteiger partial charge in [0.1, 0.15) is 5.82 Å². The summed E-state index contributed by atoms with van der Waals surface area (Å²) in [6.07, 6.45) is 0. The van der Waals surface area contributed by atoms with Crippen molar-refractivity contribution >= 4 is 33.0 Å². The van der Waals surface area contributed by atoms with E-state index in [1.165, 1.54) is 68.6 Å². The summed E-state index contributed by atoms with van der Waals surface area (Å²) in [5.74, 6) is -1.12. The third-order valence-corrected chi connectivity index (χ3v) is 6.48. The van der Waals surface area contributed by atoms with Gasteiger partial charge in [0.05, 0.1) is 26.8 Å². The van der Waals surface area contributed by atoms with Crippen molar-refractivity contribution in [2.24, 2.45) is 0 Å². The number of carbonyl (C=O) groups is 1. The van der Waals surface area contributed by atoms with Crippen molar-refractivity contribution in [3.05, 3.63) is 93.8 Å². The summed E-state index contributed by atoms with van der Waals surface area (Å²) in [5.41, 5.74) is 0.689. The number of benzene rings is 3. The molecule has 8 nitrogen and oxygen atoms in total. The first-order chi connectivity index (χ1) is 14.6. The monoisotopic (exact) mass is 443 g/mol. The number of sulfonamides is 1. The number of halogens is 1. The van der Waals surface area contributed by atoms with E-state index >= 15 is 0 Å². The Morgan fingerprint density at radius 2 is 1.71 bits per heavy atom. The van der Waals surface area contributed by atoms with Gasteiger partial charge in [-0.1, -0.05) is 12.1 Å². The smallest absolute Gasteiger partial charge is 0.274 e. The first-order valence-corrected chi connectivity index (χ1v) is 10.4. The lowest BCUT2D eigenvalue weighted by atomic mass is 10.1. The van der Waals surface area contributed by atoms with E-state index in [1.54, 1.807) is 0 Å². The van der Waals surface area contributed by atoms with E-state index in [1.807, 2.05) is 0 Å². The normalized spacial score (nSPS) is 11.1. The van der Waals surface area contributed by atoms with Gasteiger partial charge < -0.3 is 5.32 Å². The number of nitrogens with zero attached hydrogens (tertiary/aromatic N) is 2. The molecule has 0 saturated carbocycles. The van der Waals surface area contributed by atoms with E-state index in [0.29, 0.717) is 0 Å². The van der Waals surface area contributed by atoms with Gasteiger partial charge in [-0.15, -0.1) is 0 Å². The molecule has 160 valence electrons. The maximum absolute atomic E-state index is 13.1. The second-order valence-corrected chi connectivity index (χ2v) is 8.61. The highest BCUT2D eigenvalue weighted by Gasteiger charge is 2.23. The SMILES string of the molecule is Cc1c(NC(=O)c2cccc(S(=O)(=O)N(C)c3ccc(F)cc3)c2)cccc1[N+](=O)[O-]. The number of nitro benzene ring substituents is 1. The molecule has 0 aromatic heterocycles. The molecular formula is C21H18FN3O5S. The maximum Gasteiger partial charge on any atom is 0.274 e. The molecule has 0 bridgehead atoms. The van der Waals surface area contributed by atoms with Crippen molar-refractivity contribution in [3.63, 3.8) is 0 Å². The Bertz CT molecular complexity index is 1260. The fourth-order valence-corrected chi connectivity index (χ4v) is 4.14. The zero-order valence-electron chi connectivity index (χ0n) is 16.6. The van der Waals surface area contributed by atoms with Crippen molar-refractivity contribution in [3.8, 4) is 0 Å². The van der Waals surface area contributed by atoms with Gasteiger partial charge in [0, 0.05) is 18.7 Å². The molecule has 0 aliphatic rings. The van der Waals surface area contributed by atoms with Gasteiger partial charge in [0.25, 0.3) is 21.6 Å². The van der Waals surface area contributed by atoms with Crippen LogP contribution >= 0.6 is 0 Å². The third kappa shape index (κ3) is 4.53. The molecule has 0 aliphatic carbocycles. The quantitative estimate of drug-likeness (QED) is 0.455. The van der Waals surface area contributed by atoms with Crippen LogP contribution in [-0.4, -0.2) is 26.3 Å². The van der Waals surface area contributed by atoms with Gasteiger partial charge in [0.2, 0.25) is 0 Å². The minimum Gasteiger partial charge on any atom is -0.321 e. The number of amides is 1. The number of carbonyl (C=O) groups excluding carboxylic acids is 1. The molecule has 0 unspecified atom stereocenters. The van der Waals surface area contributed by atoms with E-state index < -0.39 is 26.7 Å². The second kappa shape index (κ2) is 8.52. The van der Waals surface area contributed by atoms with Crippen LogP contribution in [0.5, 0.6) is 0 Å². The van der Waals surface area contributed by atoms with E-state index in [2.05, 4.69) is 5.32 Å². The molecule has 3 aromatic carbocycles. The maximum atomic E-state index is 13.1. The van der Waals surface area contributed by atoms with Crippen LogP contribution in [0.4, 0.5) is 21.5 Å². The molecule has 0 spiro atoms. The number of nitro groups is 1. The first-order valence-electron chi connectivity index (χ1n) is 9.01. The standard InChI is InChI=1S/C21H18FN3O5S/c1-14-19(7-4-8-20(14)25(27)28)23-21(26)15-5-3-6-18(13-15)31(29,30)24(2)17-11-9-16(22)10-12-17/h3-13H,1-2H3,(H,23,26). The molecule has 31 heavy (non-hydrogen) atoms. The van der Waals surface area contributed by atoms with Gasteiger partial charge >= 0.3 is 0 Å². The van der Waals surface area contributed by atoms with Crippen LogP contribution in [0.1, 0.15) is 15.9 Å². The summed E-state index contributed by atoms with van der Waals surface area (Å²) >= 11 is 0. The zero-order chi connectivity index (χ0) is 22.8. The minimum absolute atomic E-state index is 0.0551. The molecule has 0 aliphatic heterocycles. The van der Waals surface area contributed by atoms with Crippen LogP contribution in [0.25, 0.3) is 0 Å². The third-order valence-electron chi connectivity index (χ3n) is 4.69. The van der Waals surface area contributed by atoms with Crippen LogP contribution in [0.2, 0.25) is 0 Å². The van der Waals surface area contributed by atoms with Crippen molar-refractivity contribution < 1.29 is 22.5 Å². The van der Waals surface area contributed by atoms with E-state index in [9.17, 15) is 27.7 Å². The molecule has 0 fully saturated rings. The second-order valence-electron chi connectivity index (χ2n) is 6.64. The van der Waals surface area contributed by atoms with Gasteiger partial charge in [-0.3, -0.25) is 19.2 Å². The summed E-state index contributed by atoms with van der Waals surface area (Å²) in [6.45, 7) is 1.51. The summed E-state index contributed by atoms with van der Waals surface area (Å²) in [5, 5.41) is 13.7. The lowest BCUT2D eigenvalue weighted by Gasteiger charge is -2.20. The van der Waals surface area contributed by atoms with Crippen molar-refractivity contribution in [2.45, 2.75) is 11.8 Å². The summed E-state index contributed by atoms with van der Waals surface area (Å²) in [4.78, 5) is 23.1. The lowest BCUT2D eigenvalue weighted by molar-refractivity contribution is -0.385. The molecule has 0 atom stereocenters. The Hall–Kier alpha value is -3.79. The Morgan fingerprint density at radius 3 is 2.35 bits per heavy atom. The highest BCUT2D eigenvalue weighted by molar-refractivity contribution is 7.92. The largest absolute Gasteiger partial charge is 0.321 e. The zero-order valence-corrected chi connectivity index (χ0v) is 17.4. The summed E-state index contributed by atoms with van der Waals surface area (Å²) in [7, 11) is -2.70. The first kappa shape index (κ1) is 21.9. The molecule has 10 heteroatoms. The predicted octanol–water partition coefficient (Wildman–Crippen LogP) is 4.12. The topological polar surface area (TPSA) is 110 Å². The van der Waals surface area contributed by atoms with E-state index in [4.69, 9.17) is 0 Å². The van der Waals surface area contributed by atoms with Gasteiger partial charge in [-0.05, 0) is 55.5 Å². The Balaban J connectivity index is 1.89. The number of rotatable bonds is 6. The van der Waals surface area contributed by atoms with Crippen LogP contribution in [0, 0.1) is 22.9 Å². The number of hydrogen-bond acceptors (Lipinski definition) is 5. The molecule has 3 rings (SSSR count). The van der Waals surface area contributed by atoms with Crippen LogP contribution in [0.15, 0.2) is 71.6 Å². The average molecular weight is 443 g/mol. The predicted molar refractivity (Wildman–Crippen MR) is 114 cm³/mol. The molecule has 0 saturated heterocycles. The van der Waals surface area contributed by atoms with Gasteiger partial charge in [-0.25, -0.2) is 12.8 Å². The Labute approximate surface area is 178 Å². The Morgan fingerprint density at radius 1 is 1.06 bits per heavy atom. The van der Waals surface area contributed by atoms with Crippen molar-refractivity contribution in [2.75, 3.05) is 16.7 Å². The van der Waals surface area contributed by atoms with Crippen molar-refractivity contribution in [1.82, 2.24) is 0 Å². The highest BCUT2D eigenvalue weighted by atomic mass is 32.2. The van der Waals surface area contributed by atoms with Gasteiger partial charge in [0.15, 0.2) is 0 Å². The number of anilines is 2. The average Bonchev–Trinajstić information content (AvgIpc) is 2.75. The fourth-order valence-electron chi connectivity index (χ4n) is 2.90. The fraction of sp³-hybridized carbons (Fsp3) is 0.0952. The number of nitrogens with one attached hydrogen (secondary N) is 1. The van der Waals surface area contributed by atoms with Gasteiger partial charge in [-0.2, -0.15) is 0 Å². The van der Waals surface area contributed by atoms with Crippen LogP contribution < -0.4 is 9.62 Å². The molecule has 1 N–H and O–H groups in total. The lowest BCUT2D eigenvalue weighted by Crippen LogP contribution is -2.27. The molecule has 0 radical (unpaired) electrons. The Kier molecular flexibility index (Phi) is 6.02. The molecule has 0 heterocycles. The van der Waals surface area contributed by atoms with Crippen LogP contribution in [-0.2, 0) is 10.0 Å². The molecule has 1 amide bonds. The summed E-state index contributed by atoms with van der Waals surface area (Å²) < 4.78 is 40.0. The summed E-state index contributed by atoms with van der Waals surface area (Å²) in [6, 6.07) is 14.6. The van der Waals surface area contributed by atoms with E-state index in [0.717, 1.165) is 16.4 Å². The minimum atomic E-state index is -4.02. The van der Waals surface area contributed by atoms with Crippen LogP contribution in [0.3, 0.4) is 0 Å². The van der Waals surface area contributed by atoms with E-state index in [-0.39, 0.29) is 33.1 Å².